The van der Waals surface area contributed by atoms with Crippen LogP contribution in [0.25, 0.3) is 0 Å². The number of halogens is 2. The van der Waals surface area contributed by atoms with Gasteiger partial charge in [-0.15, -0.1) is 0 Å². The molecule has 0 saturated carbocycles. The van der Waals surface area contributed by atoms with Crippen LogP contribution in [0.15, 0.2) is 0 Å². The Bertz CT molecular complexity index is 119. The minimum atomic E-state index is -1.54. The molecule has 0 fully saturated rings. The number of carbonyl (C=O) groups is 2. The Morgan fingerprint density at radius 2 is 1.30 bits per heavy atom. The van der Waals surface area contributed by atoms with Gasteiger partial charge in [0.1, 0.15) is 0 Å². The van der Waals surface area contributed by atoms with E-state index in [0.29, 0.717) is 0 Å². The number of ether oxygens (including phenoxy) is 2. The van der Waals surface area contributed by atoms with Crippen molar-refractivity contribution in [1.82, 2.24) is 0 Å². The van der Waals surface area contributed by atoms with Crippen LogP contribution >= 0.6 is 0 Å². The summed E-state index contributed by atoms with van der Waals surface area (Å²) in [7, 11) is 0. The first kappa shape index (κ1) is 8.80. The second-order valence-electron chi connectivity index (χ2n) is 1.08. The number of hydrogen-bond donors (Lipinski definition) is 0. The molecule has 6 heteroatoms. The molecular formula is C4H4F2O4. The molecule has 58 valence electrons. The lowest BCUT2D eigenvalue weighted by Crippen LogP contribution is -2.19. The van der Waals surface area contributed by atoms with Gasteiger partial charge in [0.2, 0.25) is 13.7 Å². The molecule has 0 atom stereocenters. The molecule has 0 bridgehead atoms. The Morgan fingerprint density at radius 1 is 1.00 bits per heavy atom. The SMILES string of the molecule is O=C(OCF)C(=O)OCF. The van der Waals surface area contributed by atoms with Crippen molar-refractivity contribution in [2.45, 2.75) is 0 Å². The summed E-state index contributed by atoms with van der Waals surface area (Å²) in [6.45, 7) is -2.86. The zero-order valence-electron chi connectivity index (χ0n) is 4.80. The Hall–Kier alpha value is -1.20. The van der Waals surface area contributed by atoms with Crippen LogP contribution in [0.5, 0.6) is 0 Å². The average Bonchev–Trinajstić information content (AvgIpc) is 1.89. The lowest BCUT2D eigenvalue weighted by atomic mass is 10.7. The van der Waals surface area contributed by atoms with Crippen molar-refractivity contribution >= 4 is 11.9 Å². The van der Waals surface area contributed by atoms with E-state index in [2.05, 4.69) is 9.47 Å². The van der Waals surface area contributed by atoms with E-state index in [4.69, 9.17) is 0 Å². The summed E-state index contributed by atoms with van der Waals surface area (Å²) in [5.41, 5.74) is 0. The van der Waals surface area contributed by atoms with Crippen molar-refractivity contribution in [3.05, 3.63) is 0 Å². The molecule has 0 saturated heterocycles. The van der Waals surface area contributed by atoms with Gasteiger partial charge in [0.15, 0.2) is 0 Å². The Morgan fingerprint density at radius 3 is 1.50 bits per heavy atom. The summed E-state index contributed by atoms with van der Waals surface area (Å²) in [5.74, 6) is -3.08. The van der Waals surface area contributed by atoms with Gasteiger partial charge in [-0.05, 0) is 0 Å². The predicted molar refractivity (Wildman–Crippen MR) is 24.1 cm³/mol. The summed E-state index contributed by atoms with van der Waals surface area (Å²) < 4.78 is 29.2. The van der Waals surface area contributed by atoms with Crippen LogP contribution in [0.4, 0.5) is 8.78 Å². The summed E-state index contributed by atoms with van der Waals surface area (Å²) in [4.78, 5) is 20.1. The molecule has 0 radical (unpaired) electrons. The zero-order chi connectivity index (χ0) is 7.98. The topological polar surface area (TPSA) is 52.6 Å². The Kier molecular flexibility index (Phi) is 4.10. The molecule has 0 amide bonds. The first-order chi connectivity index (χ1) is 4.72. The van der Waals surface area contributed by atoms with Gasteiger partial charge in [-0.2, -0.15) is 0 Å². The average molecular weight is 154 g/mol. The molecule has 0 aliphatic rings. The summed E-state index contributed by atoms with van der Waals surface area (Å²) in [6.07, 6.45) is 0. The maximum absolute atomic E-state index is 11.1. The van der Waals surface area contributed by atoms with Crippen LogP contribution in [-0.2, 0) is 19.1 Å². The van der Waals surface area contributed by atoms with Gasteiger partial charge in [-0.3, -0.25) is 0 Å². The molecule has 0 spiro atoms. The zero-order valence-corrected chi connectivity index (χ0v) is 4.80. The molecule has 0 unspecified atom stereocenters. The monoisotopic (exact) mass is 154 g/mol. The third-order valence-corrected chi connectivity index (χ3v) is 0.538. The highest BCUT2D eigenvalue weighted by molar-refractivity contribution is 6.29. The van der Waals surface area contributed by atoms with Crippen molar-refractivity contribution < 1.29 is 27.8 Å². The van der Waals surface area contributed by atoms with Crippen LogP contribution in [0.3, 0.4) is 0 Å². The molecular weight excluding hydrogens is 150 g/mol. The summed E-state index contributed by atoms with van der Waals surface area (Å²) in [5, 5.41) is 0. The van der Waals surface area contributed by atoms with Gasteiger partial charge < -0.3 is 9.47 Å². The third-order valence-electron chi connectivity index (χ3n) is 0.538. The van der Waals surface area contributed by atoms with E-state index in [1.807, 2.05) is 0 Å². The van der Waals surface area contributed by atoms with Gasteiger partial charge in [0.05, 0.1) is 0 Å². The Balaban J connectivity index is 3.60. The number of carbonyl (C=O) groups excluding carboxylic acids is 2. The van der Waals surface area contributed by atoms with Crippen LogP contribution in [-0.4, -0.2) is 25.7 Å². The molecule has 0 aliphatic heterocycles. The van der Waals surface area contributed by atoms with E-state index in [1.165, 1.54) is 0 Å². The molecule has 0 aromatic heterocycles. The first-order valence-electron chi connectivity index (χ1n) is 2.18. The molecule has 4 nitrogen and oxygen atoms in total. The number of esters is 2. The number of rotatable bonds is 2. The summed E-state index contributed by atoms with van der Waals surface area (Å²) in [6, 6.07) is 0. The second-order valence-corrected chi connectivity index (χ2v) is 1.08. The third kappa shape index (κ3) is 2.95. The standard InChI is InChI=1S/C4H4F2O4/c5-1-9-3(7)4(8)10-2-6/h1-2H2. The van der Waals surface area contributed by atoms with Crippen molar-refractivity contribution in [3.8, 4) is 0 Å². The fraction of sp³-hybridized carbons (Fsp3) is 0.500. The van der Waals surface area contributed by atoms with E-state index < -0.39 is 25.7 Å². The van der Waals surface area contributed by atoms with Crippen molar-refractivity contribution in [1.29, 1.82) is 0 Å². The highest BCUT2D eigenvalue weighted by Gasteiger charge is 2.16. The van der Waals surface area contributed by atoms with Crippen molar-refractivity contribution in [3.63, 3.8) is 0 Å². The van der Waals surface area contributed by atoms with Crippen LogP contribution in [0, 0.1) is 0 Å². The predicted octanol–water partition coefficient (Wildman–Crippen LogP) is -0.0732. The largest absolute Gasteiger partial charge is 0.425 e. The van der Waals surface area contributed by atoms with Crippen molar-refractivity contribution in [2.24, 2.45) is 0 Å². The maximum Gasteiger partial charge on any atom is 0.419 e. The van der Waals surface area contributed by atoms with Crippen LogP contribution < -0.4 is 0 Å². The first-order valence-corrected chi connectivity index (χ1v) is 2.18. The highest BCUT2D eigenvalue weighted by atomic mass is 19.1. The van der Waals surface area contributed by atoms with Gasteiger partial charge in [0, 0.05) is 0 Å². The molecule has 0 heterocycles. The molecule has 0 aromatic rings. The summed E-state index contributed by atoms with van der Waals surface area (Å²) >= 11 is 0. The Labute approximate surface area is 54.7 Å². The second kappa shape index (κ2) is 4.66. The lowest BCUT2D eigenvalue weighted by molar-refractivity contribution is -0.172. The molecule has 0 aliphatic carbocycles. The normalized spacial score (nSPS) is 8.60. The number of alkyl halides is 2. The fourth-order valence-electron chi connectivity index (χ4n) is 0.217. The van der Waals surface area contributed by atoms with Gasteiger partial charge >= 0.3 is 11.9 Å². The number of hydrogen-bond acceptors (Lipinski definition) is 4. The van der Waals surface area contributed by atoms with E-state index >= 15 is 0 Å². The van der Waals surface area contributed by atoms with Gasteiger partial charge in [0.25, 0.3) is 0 Å². The van der Waals surface area contributed by atoms with Gasteiger partial charge in [-0.1, -0.05) is 0 Å². The van der Waals surface area contributed by atoms with Crippen molar-refractivity contribution in [2.75, 3.05) is 13.7 Å². The highest BCUT2D eigenvalue weighted by Crippen LogP contribution is 1.84. The van der Waals surface area contributed by atoms with E-state index in [0.717, 1.165) is 0 Å². The van der Waals surface area contributed by atoms with E-state index in [-0.39, 0.29) is 0 Å². The molecule has 0 rings (SSSR count). The lowest BCUT2D eigenvalue weighted by Gasteiger charge is -1.96. The quantitative estimate of drug-likeness (QED) is 0.412. The molecule has 0 aromatic carbocycles. The van der Waals surface area contributed by atoms with Crippen LogP contribution in [0.1, 0.15) is 0 Å². The molecule has 0 N–H and O–H groups in total. The fourth-order valence-corrected chi connectivity index (χ4v) is 0.217. The maximum atomic E-state index is 11.1. The molecule has 10 heavy (non-hydrogen) atoms. The van der Waals surface area contributed by atoms with Gasteiger partial charge in [-0.25, -0.2) is 18.4 Å². The smallest absolute Gasteiger partial charge is 0.419 e. The van der Waals surface area contributed by atoms with E-state index in [1.54, 1.807) is 0 Å². The van der Waals surface area contributed by atoms with Crippen LogP contribution in [0.2, 0.25) is 0 Å². The minimum Gasteiger partial charge on any atom is -0.425 e. The van der Waals surface area contributed by atoms with E-state index in [9.17, 15) is 18.4 Å². The minimum absolute atomic E-state index is 1.43.